The van der Waals surface area contributed by atoms with Crippen LogP contribution in [0.4, 0.5) is 11.6 Å². The molecule has 3 N–H and O–H groups in total. The average Bonchev–Trinajstić information content (AvgIpc) is 2.93. The summed E-state index contributed by atoms with van der Waals surface area (Å²) in [5, 5.41) is 3.37. The molecule has 2 aromatic rings. The van der Waals surface area contributed by atoms with Crippen LogP contribution in [0.25, 0.3) is 5.65 Å². The van der Waals surface area contributed by atoms with Gasteiger partial charge in [0.1, 0.15) is 5.82 Å². The van der Waals surface area contributed by atoms with E-state index in [-0.39, 0.29) is 0 Å². The monoisotopic (exact) mass is 288 g/mol. The number of piperidine rings is 1. The van der Waals surface area contributed by atoms with Gasteiger partial charge in [0.05, 0.1) is 6.20 Å². The molecule has 6 heteroatoms. The van der Waals surface area contributed by atoms with Crippen molar-refractivity contribution in [2.45, 2.75) is 38.6 Å². The van der Waals surface area contributed by atoms with E-state index in [4.69, 9.17) is 5.73 Å². The van der Waals surface area contributed by atoms with Crippen molar-refractivity contribution >= 4 is 17.3 Å². The van der Waals surface area contributed by atoms with Gasteiger partial charge in [0.25, 0.3) is 0 Å². The van der Waals surface area contributed by atoms with E-state index in [2.05, 4.69) is 27.1 Å². The molecular formula is C15H24N6. The predicted molar refractivity (Wildman–Crippen MR) is 85.4 cm³/mol. The van der Waals surface area contributed by atoms with Gasteiger partial charge in [-0.1, -0.05) is 6.42 Å². The van der Waals surface area contributed by atoms with E-state index in [0.717, 1.165) is 37.0 Å². The minimum absolute atomic E-state index is 0.507. The molecule has 0 aromatic carbocycles. The number of hydrogen-bond acceptors (Lipinski definition) is 5. The van der Waals surface area contributed by atoms with Crippen LogP contribution in [-0.2, 0) is 0 Å². The molecule has 0 bridgehead atoms. The van der Waals surface area contributed by atoms with Gasteiger partial charge in [-0.25, -0.2) is 9.97 Å². The lowest BCUT2D eigenvalue weighted by atomic mass is 10.0. The van der Waals surface area contributed by atoms with Gasteiger partial charge in [-0.15, -0.1) is 0 Å². The quantitative estimate of drug-likeness (QED) is 0.823. The van der Waals surface area contributed by atoms with E-state index < -0.39 is 0 Å². The number of likely N-dealkylation sites (tertiary alicyclic amines) is 1. The fraction of sp³-hybridized carbons (Fsp3) is 0.600. The van der Waals surface area contributed by atoms with Crippen LogP contribution in [0.3, 0.4) is 0 Å². The maximum absolute atomic E-state index is 5.82. The summed E-state index contributed by atoms with van der Waals surface area (Å²) in [6, 6.07) is 0.725. The first kappa shape index (κ1) is 14.1. The SMILES string of the molecule is CC1CCCCN1CCCNc1nc(N)cn2ccnc12. The van der Waals surface area contributed by atoms with E-state index >= 15 is 0 Å². The fourth-order valence-corrected chi connectivity index (χ4v) is 3.05. The van der Waals surface area contributed by atoms with E-state index in [9.17, 15) is 0 Å². The van der Waals surface area contributed by atoms with Crippen molar-refractivity contribution in [1.82, 2.24) is 19.3 Å². The van der Waals surface area contributed by atoms with Crippen LogP contribution in [0, 0.1) is 0 Å². The summed E-state index contributed by atoms with van der Waals surface area (Å²) in [4.78, 5) is 11.2. The van der Waals surface area contributed by atoms with Gasteiger partial charge in [-0.2, -0.15) is 0 Å². The second-order valence-electron chi connectivity index (χ2n) is 5.83. The van der Waals surface area contributed by atoms with Crippen molar-refractivity contribution in [3.05, 3.63) is 18.6 Å². The van der Waals surface area contributed by atoms with Gasteiger partial charge in [-0.3, -0.25) is 0 Å². The Hall–Kier alpha value is -1.82. The summed E-state index contributed by atoms with van der Waals surface area (Å²) in [5.41, 5.74) is 6.64. The number of nitrogens with zero attached hydrogens (tertiary/aromatic N) is 4. The van der Waals surface area contributed by atoms with Gasteiger partial charge in [0, 0.05) is 31.5 Å². The third-order valence-corrected chi connectivity index (χ3v) is 4.25. The van der Waals surface area contributed by atoms with Crippen molar-refractivity contribution in [3.8, 4) is 0 Å². The number of rotatable bonds is 5. The highest BCUT2D eigenvalue weighted by molar-refractivity contribution is 5.64. The zero-order valence-corrected chi connectivity index (χ0v) is 12.6. The van der Waals surface area contributed by atoms with E-state index in [1.54, 1.807) is 12.4 Å². The first-order chi connectivity index (χ1) is 10.2. The number of nitrogens with one attached hydrogen (secondary N) is 1. The highest BCUT2D eigenvalue weighted by Crippen LogP contribution is 2.17. The highest BCUT2D eigenvalue weighted by atomic mass is 15.2. The Balaban J connectivity index is 1.53. The lowest BCUT2D eigenvalue weighted by molar-refractivity contribution is 0.160. The minimum atomic E-state index is 0.507. The smallest absolute Gasteiger partial charge is 0.180 e. The summed E-state index contributed by atoms with van der Waals surface area (Å²) < 4.78 is 1.90. The summed E-state index contributed by atoms with van der Waals surface area (Å²) in [6.45, 7) is 5.60. The van der Waals surface area contributed by atoms with Crippen LogP contribution in [0.2, 0.25) is 0 Å². The molecule has 1 aliphatic rings. The molecule has 3 heterocycles. The van der Waals surface area contributed by atoms with Crippen molar-refractivity contribution < 1.29 is 0 Å². The molecule has 21 heavy (non-hydrogen) atoms. The number of aromatic nitrogens is 3. The summed E-state index contributed by atoms with van der Waals surface area (Å²) in [7, 11) is 0. The largest absolute Gasteiger partial charge is 0.382 e. The summed E-state index contributed by atoms with van der Waals surface area (Å²) in [5.74, 6) is 1.28. The zero-order valence-electron chi connectivity index (χ0n) is 12.6. The number of hydrogen-bond donors (Lipinski definition) is 2. The first-order valence-electron chi connectivity index (χ1n) is 7.81. The Labute approximate surface area is 125 Å². The number of imidazole rings is 1. The van der Waals surface area contributed by atoms with Crippen molar-refractivity contribution in [2.24, 2.45) is 0 Å². The van der Waals surface area contributed by atoms with Crippen LogP contribution in [0.1, 0.15) is 32.6 Å². The third-order valence-electron chi connectivity index (χ3n) is 4.25. The molecule has 0 aliphatic carbocycles. The van der Waals surface area contributed by atoms with Crippen LogP contribution in [-0.4, -0.2) is 44.9 Å². The lowest BCUT2D eigenvalue weighted by Crippen LogP contribution is -2.38. The minimum Gasteiger partial charge on any atom is -0.382 e. The maximum atomic E-state index is 5.82. The lowest BCUT2D eigenvalue weighted by Gasteiger charge is -2.33. The normalized spacial score (nSPS) is 20.0. The van der Waals surface area contributed by atoms with Gasteiger partial charge >= 0.3 is 0 Å². The van der Waals surface area contributed by atoms with Crippen LogP contribution < -0.4 is 11.1 Å². The van der Waals surface area contributed by atoms with E-state index in [1.807, 2.05) is 10.6 Å². The zero-order chi connectivity index (χ0) is 14.7. The number of fused-ring (bicyclic) bond motifs is 1. The van der Waals surface area contributed by atoms with Crippen molar-refractivity contribution in [3.63, 3.8) is 0 Å². The molecule has 3 rings (SSSR count). The van der Waals surface area contributed by atoms with E-state index in [1.165, 1.54) is 25.8 Å². The van der Waals surface area contributed by atoms with Gasteiger partial charge in [-0.05, 0) is 32.7 Å². The Bertz CT molecular complexity index is 593. The summed E-state index contributed by atoms with van der Waals surface area (Å²) >= 11 is 0. The molecule has 6 nitrogen and oxygen atoms in total. The molecule has 0 radical (unpaired) electrons. The standard InChI is InChI=1S/C15H24N6/c1-12-5-2-3-8-20(12)9-4-6-17-14-15-18-7-10-21(15)11-13(16)19-14/h7,10-12H,2-6,8-9,16H2,1H3,(H,17,19). The average molecular weight is 288 g/mol. The second kappa shape index (κ2) is 6.30. The predicted octanol–water partition coefficient (Wildman–Crippen LogP) is 1.99. The second-order valence-corrected chi connectivity index (χ2v) is 5.83. The Morgan fingerprint density at radius 2 is 2.33 bits per heavy atom. The van der Waals surface area contributed by atoms with E-state index in [0.29, 0.717) is 5.82 Å². The molecule has 1 unspecified atom stereocenters. The summed E-state index contributed by atoms with van der Waals surface area (Å²) in [6.07, 6.45) is 10.6. The topological polar surface area (TPSA) is 71.5 Å². The molecule has 1 atom stereocenters. The molecule has 1 saturated heterocycles. The molecule has 2 aromatic heterocycles. The van der Waals surface area contributed by atoms with Gasteiger partial charge < -0.3 is 20.4 Å². The first-order valence-corrected chi connectivity index (χ1v) is 7.81. The number of nitrogen functional groups attached to an aromatic ring is 1. The van der Waals surface area contributed by atoms with Gasteiger partial charge in [0.2, 0.25) is 0 Å². The maximum Gasteiger partial charge on any atom is 0.180 e. The van der Waals surface area contributed by atoms with Crippen LogP contribution in [0.15, 0.2) is 18.6 Å². The third kappa shape index (κ3) is 3.26. The Morgan fingerprint density at radius 1 is 1.43 bits per heavy atom. The van der Waals surface area contributed by atoms with Crippen LogP contribution in [0.5, 0.6) is 0 Å². The molecule has 114 valence electrons. The molecular weight excluding hydrogens is 264 g/mol. The number of nitrogens with two attached hydrogens (primary N) is 1. The molecule has 1 fully saturated rings. The molecule has 1 aliphatic heterocycles. The Morgan fingerprint density at radius 3 is 3.19 bits per heavy atom. The fourth-order valence-electron chi connectivity index (χ4n) is 3.05. The Kier molecular flexibility index (Phi) is 4.24. The highest BCUT2D eigenvalue weighted by Gasteiger charge is 2.17. The molecule has 0 spiro atoms. The van der Waals surface area contributed by atoms with Crippen LogP contribution >= 0.6 is 0 Å². The molecule has 0 saturated carbocycles. The van der Waals surface area contributed by atoms with Gasteiger partial charge in [0.15, 0.2) is 11.5 Å². The number of anilines is 2. The van der Waals surface area contributed by atoms with Crippen molar-refractivity contribution in [1.29, 1.82) is 0 Å². The molecule has 0 amide bonds. The van der Waals surface area contributed by atoms with Crippen molar-refractivity contribution in [2.75, 3.05) is 30.7 Å².